The first kappa shape index (κ1) is 27.9. The van der Waals surface area contributed by atoms with Gasteiger partial charge in [0.25, 0.3) is 0 Å². The molecule has 4 aromatic heterocycles. The number of benzene rings is 7. The number of nitrogens with zero attached hydrogens (tertiary/aromatic N) is 4. The van der Waals surface area contributed by atoms with Crippen LogP contribution in [0.15, 0.2) is 167 Å². The molecular formula is C45H26N4O2. The molecule has 0 saturated carbocycles. The molecule has 0 radical (unpaired) electrons. The highest BCUT2D eigenvalue weighted by Gasteiger charge is 2.20. The molecule has 0 fully saturated rings. The Kier molecular flexibility index (Phi) is 5.86. The van der Waals surface area contributed by atoms with Crippen LogP contribution in [0.1, 0.15) is 0 Å². The summed E-state index contributed by atoms with van der Waals surface area (Å²) in [5.41, 5.74) is 9.07. The average Bonchev–Trinajstić information content (AvgIpc) is 3.87. The van der Waals surface area contributed by atoms with E-state index in [2.05, 4.69) is 89.5 Å². The van der Waals surface area contributed by atoms with Gasteiger partial charge < -0.3 is 13.4 Å². The Labute approximate surface area is 290 Å². The van der Waals surface area contributed by atoms with Crippen molar-refractivity contribution in [1.82, 2.24) is 19.5 Å². The lowest BCUT2D eigenvalue weighted by atomic mass is 10.1. The molecule has 0 bridgehead atoms. The molecular weight excluding hydrogens is 629 g/mol. The minimum Gasteiger partial charge on any atom is -0.455 e. The van der Waals surface area contributed by atoms with Crippen molar-refractivity contribution in [3.8, 4) is 39.9 Å². The van der Waals surface area contributed by atoms with Crippen LogP contribution in [0.3, 0.4) is 0 Å². The van der Waals surface area contributed by atoms with Crippen LogP contribution in [0.4, 0.5) is 0 Å². The van der Waals surface area contributed by atoms with Gasteiger partial charge >= 0.3 is 0 Å². The second-order valence-corrected chi connectivity index (χ2v) is 12.8. The van der Waals surface area contributed by atoms with E-state index in [9.17, 15) is 0 Å². The summed E-state index contributed by atoms with van der Waals surface area (Å²) in [5, 5.41) is 6.52. The van der Waals surface area contributed by atoms with Crippen LogP contribution in [0, 0.1) is 0 Å². The van der Waals surface area contributed by atoms with Crippen molar-refractivity contribution >= 4 is 65.7 Å². The highest BCUT2D eigenvalue weighted by atomic mass is 16.3. The summed E-state index contributed by atoms with van der Waals surface area (Å²) in [6.45, 7) is 0. The van der Waals surface area contributed by atoms with Crippen molar-refractivity contribution in [2.75, 3.05) is 0 Å². The molecule has 0 spiro atoms. The summed E-state index contributed by atoms with van der Waals surface area (Å²) in [5.74, 6) is 1.71. The number of para-hydroxylation sites is 5. The Hall–Kier alpha value is -7.05. The smallest absolute Gasteiger partial charge is 0.167 e. The summed E-state index contributed by atoms with van der Waals surface area (Å²) in [4.78, 5) is 15.1. The number of hydrogen-bond acceptors (Lipinski definition) is 5. The van der Waals surface area contributed by atoms with Crippen LogP contribution in [0.25, 0.3) is 106 Å². The van der Waals surface area contributed by atoms with Crippen LogP contribution in [0.5, 0.6) is 0 Å². The van der Waals surface area contributed by atoms with E-state index < -0.39 is 0 Å². The van der Waals surface area contributed by atoms with E-state index in [1.165, 1.54) is 10.8 Å². The molecule has 0 amide bonds. The van der Waals surface area contributed by atoms with Gasteiger partial charge in [-0.2, -0.15) is 0 Å². The van der Waals surface area contributed by atoms with E-state index in [1.54, 1.807) is 0 Å². The summed E-state index contributed by atoms with van der Waals surface area (Å²) in [6, 6.07) is 53.8. The van der Waals surface area contributed by atoms with Crippen LogP contribution < -0.4 is 0 Å². The fourth-order valence-corrected chi connectivity index (χ4v) is 7.55. The summed E-state index contributed by atoms with van der Waals surface area (Å²) in [6.07, 6.45) is 0. The first-order valence-corrected chi connectivity index (χ1v) is 16.9. The molecule has 51 heavy (non-hydrogen) atoms. The first-order valence-electron chi connectivity index (χ1n) is 16.9. The predicted molar refractivity (Wildman–Crippen MR) is 205 cm³/mol. The van der Waals surface area contributed by atoms with Crippen molar-refractivity contribution in [2.45, 2.75) is 0 Å². The zero-order chi connectivity index (χ0) is 33.5. The summed E-state index contributed by atoms with van der Waals surface area (Å²) in [7, 11) is 0. The Balaban J connectivity index is 1.12. The van der Waals surface area contributed by atoms with Gasteiger partial charge in [-0.1, -0.05) is 109 Å². The Bertz CT molecular complexity index is 3100. The minimum atomic E-state index is 0.550. The molecule has 6 nitrogen and oxygen atoms in total. The van der Waals surface area contributed by atoms with Gasteiger partial charge in [0.15, 0.2) is 23.1 Å². The van der Waals surface area contributed by atoms with E-state index in [0.29, 0.717) is 17.5 Å². The van der Waals surface area contributed by atoms with Crippen molar-refractivity contribution in [1.29, 1.82) is 0 Å². The standard InChI is InChI=1S/C45H26N4O2/c1-2-12-27(13-3-1)43-46-44(48-45(47-43)34-19-10-17-32-31-16-6-9-23-39(31)50-41(32)34)28-24-25-40-35(26-28)33-18-11-22-38(42(33)51-40)49-36-20-7-4-14-29(36)30-15-5-8-21-37(30)49/h1-26H. The average molecular weight is 655 g/mol. The number of rotatable bonds is 4. The van der Waals surface area contributed by atoms with E-state index in [0.717, 1.165) is 77.3 Å². The second kappa shape index (κ2) is 10.7. The Morgan fingerprint density at radius 1 is 0.373 bits per heavy atom. The van der Waals surface area contributed by atoms with E-state index in [1.807, 2.05) is 72.8 Å². The van der Waals surface area contributed by atoms with Crippen molar-refractivity contribution < 1.29 is 8.83 Å². The quantitative estimate of drug-likeness (QED) is 0.189. The lowest BCUT2D eigenvalue weighted by Crippen LogP contribution is -2.00. The molecule has 7 aromatic carbocycles. The third kappa shape index (κ3) is 4.20. The van der Waals surface area contributed by atoms with E-state index in [4.69, 9.17) is 23.8 Å². The largest absolute Gasteiger partial charge is 0.455 e. The molecule has 238 valence electrons. The molecule has 4 heterocycles. The molecule has 0 N–H and O–H groups in total. The van der Waals surface area contributed by atoms with Gasteiger partial charge in [-0.05, 0) is 48.5 Å². The van der Waals surface area contributed by atoms with Crippen molar-refractivity contribution in [2.24, 2.45) is 0 Å². The summed E-state index contributed by atoms with van der Waals surface area (Å²) < 4.78 is 15.4. The number of aromatic nitrogens is 4. The molecule has 0 atom stereocenters. The van der Waals surface area contributed by atoms with Gasteiger partial charge in [0.2, 0.25) is 0 Å². The normalized spacial score (nSPS) is 11.9. The van der Waals surface area contributed by atoms with Crippen LogP contribution in [-0.2, 0) is 0 Å². The first-order chi connectivity index (χ1) is 25.3. The molecule has 6 heteroatoms. The second-order valence-electron chi connectivity index (χ2n) is 12.8. The maximum absolute atomic E-state index is 6.67. The lowest BCUT2D eigenvalue weighted by Gasteiger charge is -2.09. The van der Waals surface area contributed by atoms with Gasteiger partial charge in [0.1, 0.15) is 16.7 Å². The van der Waals surface area contributed by atoms with E-state index >= 15 is 0 Å². The van der Waals surface area contributed by atoms with Gasteiger partial charge in [-0.3, -0.25) is 0 Å². The molecule has 0 saturated heterocycles. The maximum Gasteiger partial charge on any atom is 0.167 e. The van der Waals surface area contributed by atoms with Crippen LogP contribution in [0.2, 0.25) is 0 Å². The topological polar surface area (TPSA) is 69.9 Å². The van der Waals surface area contributed by atoms with Crippen LogP contribution >= 0.6 is 0 Å². The van der Waals surface area contributed by atoms with Gasteiger partial charge in [-0.15, -0.1) is 0 Å². The Morgan fingerprint density at radius 3 is 1.73 bits per heavy atom. The number of furan rings is 2. The molecule has 0 aliphatic rings. The number of hydrogen-bond donors (Lipinski definition) is 0. The summed E-state index contributed by atoms with van der Waals surface area (Å²) >= 11 is 0. The molecule has 11 rings (SSSR count). The molecule has 0 unspecified atom stereocenters. The van der Waals surface area contributed by atoms with Gasteiger partial charge in [-0.25, -0.2) is 15.0 Å². The molecule has 0 aliphatic heterocycles. The third-order valence-corrected chi connectivity index (χ3v) is 9.87. The van der Waals surface area contributed by atoms with Gasteiger partial charge in [0, 0.05) is 43.4 Å². The molecule has 11 aromatic rings. The Morgan fingerprint density at radius 2 is 0.941 bits per heavy atom. The fourth-order valence-electron chi connectivity index (χ4n) is 7.55. The third-order valence-electron chi connectivity index (χ3n) is 9.87. The predicted octanol–water partition coefficient (Wildman–Crippen LogP) is 11.8. The minimum absolute atomic E-state index is 0.550. The zero-order valence-corrected chi connectivity index (χ0v) is 27.1. The highest BCUT2D eigenvalue weighted by Crippen LogP contribution is 2.40. The van der Waals surface area contributed by atoms with Gasteiger partial charge in [0.05, 0.1) is 22.3 Å². The van der Waals surface area contributed by atoms with E-state index in [-0.39, 0.29) is 0 Å². The fraction of sp³-hybridized carbons (Fsp3) is 0. The molecule has 0 aliphatic carbocycles. The zero-order valence-electron chi connectivity index (χ0n) is 27.1. The monoisotopic (exact) mass is 654 g/mol. The maximum atomic E-state index is 6.67. The van der Waals surface area contributed by atoms with Crippen molar-refractivity contribution in [3.63, 3.8) is 0 Å². The highest BCUT2D eigenvalue weighted by molar-refractivity contribution is 6.13. The van der Waals surface area contributed by atoms with Crippen LogP contribution in [-0.4, -0.2) is 19.5 Å². The number of fused-ring (bicyclic) bond motifs is 9. The lowest BCUT2D eigenvalue weighted by molar-refractivity contribution is 0.666. The SMILES string of the molecule is c1ccc(-c2nc(-c3ccc4oc5c(-n6c7ccccc7c7ccccc76)cccc5c4c3)nc(-c3cccc4c3oc3ccccc34)n2)cc1. The van der Waals surface area contributed by atoms with Crippen molar-refractivity contribution in [3.05, 3.63) is 158 Å².